The summed E-state index contributed by atoms with van der Waals surface area (Å²) < 4.78 is 0. The first-order valence-corrected chi connectivity index (χ1v) is 6.46. The van der Waals surface area contributed by atoms with Crippen LogP contribution < -0.4 is 0 Å². The molecule has 0 fully saturated rings. The number of rotatable bonds is 3. The third-order valence-electron chi connectivity index (χ3n) is 3.14. The van der Waals surface area contributed by atoms with E-state index in [4.69, 9.17) is 0 Å². The van der Waals surface area contributed by atoms with E-state index in [9.17, 15) is 4.79 Å². The average Bonchev–Trinajstić information content (AvgIpc) is 2.97. The summed E-state index contributed by atoms with van der Waals surface area (Å²) in [5, 5.41) is 0. The maximum atomic E-state index is 12.4. The summed E-state index contributed by atoms with van der Waals surface area (Å²) in [5.41, 5.74) is 3.14. The van der Waals surface area contributed by atoms with Crippen LogP contribution in [0.2, 0.25) is 0 Å². The number of ketones is 1. The lowest BCUT2D eigenvalue weighted by molar-refractivity contribution is 0.103. The Balaban J connectivity index is 1.93. The predicted octanol–water partition coefficient (Wildman–Crippen LogP) is 3.62. The van der Waals surface area contributed by atoms with Crippen LogP contribution in [0.3, 0.4) is 0 Å². The molecule has 3 rings (SSSR count). The molecular formula is C17H14N2O. The van der Waals surface area contributed by atoms with Gasteiger partial charge in [-0.2, -0.15) is 0 Å². The van der Waals surface area contributed by atoms with Crippen molar-refractivity contribution in [2.45, 2.75) is 6.92 Å². The average molecular weight is 262 g/mol. The van der Waals surface area contributed by atoms with Crippen LogP contribution in [-0.4, -0.2) is 15.8 Å². The number of aromatic nitrogens is 2. The van der Waals surface area contributed by atoms with Gasteiger partial charge in [-0.25, -0.2) is 4.98 Å². The zero-order valence-corrected chi connectivity index (χ0v) is 11.1. The molecule has 0 amide bonds. The second kappa shape index (κ2) is 5.13. The highest BCUT2D eigenvalue weighted by Crippen LogP contribution is 2.17. The van der Waals surface area contributed by atoms with Crippen molar-refractivity contribution in [2.75, 3.05) is 0 Å². The van der Waals surface area contributed by atoms with Crippen LogP contribution >= 0.6 is 0 Å². The summed E-state index contributed by atoms with van der Waals surface area (Å²) in [6.45, 7) is 1.97. The van der Waals surface area contributed by atoms with Gasteiger partial charge in [-0.1, -0.05) is 54.1 Å². The number of imidazole rings is 1. The first-order chi connectivity index (χ1) is 9.74. The van der Waals surface area contributed by atoms with Crippen molar-refractivity contribution >= 4 is 5.78 Å². The van der Waals surface area contributed by atoms with Gasteiger partial charge < -0.3 is 4.98 Å². The molecule has 1 N–H and O–H groups in total. The summed E-state index contributed by atoms with van der Waals surface area (Å²) in [6.07, 6.45) is 1.66. The molecule has 0 radical (unpaired) electrons. The van der Waals surface area contributed by atoms with E-state index in [0.29, 0.717) is 17.1 Å². The number of carbonyl (C=O) groups excluding carboxylic acids is 1. The first-order valence-electron chi connectivity index (χ1n) is 6.46. The minimum absolute atomic E-state index is 0.0628. The van der Waals surface area contributed by atoms with Crippen LogP contribution in [0.25, 0.3) is 11.4 Å². The normalized spacial score (nSPS) is 10.4. The van der Waals surface area contributed by atoms with Crippen LogP contribution in [0.4, 0.5) is 0 Å². The maximum Gasteiger partial charge on any atom is 0.212 e. The van der Waals surface area contributed by atoms with Gasteiger partial charge in [0.25, 0.3) is 0 Å². The minimum Gasteiger partial charge on any atom is -0.344 e. The van der Waals surface area contributed by atoms with E-state index < -0.39 is 0 Å². The van der Waals surface area contributed by atoms with Gasteiger partial charge in [0.1, 0.15) is 11.5 Å². The highest BCUT2D eigenvalue weighted by atomic mass is 16.1. The first kappa shape index (κ1) is 12.4. The predicted molar refractivity (Wildman–Crippen MR) is 78.6 cm³/mol. The molecule has 0 atom stereocenters. The van der Waals surface area contributed by atoms with Crippen molar-refractivity contribution < 1.29 is 4.79 Å². The van der Waals surface area contributed by atoms with E-state index in [1.54, 1.807) is 6.20 Å². The van der Waals surface area contributed by atoms with Gasteiger partial charge in [0, 0.05) is 17.3 Å². The molecule has 2 aromatic carbocycles. The molecule has 0 aliphatic carbocycles. The molecule has 0 aliphatic heterocycles. The molecule has 3 aromatic rings. The fourth-order valence-electron chi connectivity index (χ4n) is 2.12. The van der Waals surface area contributed by atoms with Gasteiger partial charge in [0.05, 0.1) is 0 Å². The van der Waals surface area contributed by atoms with Crippen LogP contribution in [0.5, 0.6) is 0 Å². The Morgan fingerprint density at radius 3 is 2.60 bits per heavy atom. The molecule has 0 aliphatic rings. The Morgan fingerprint density at radius 1 is 1.05 bits per heavy atom. The number of aromatic amines is 1. The standard InChI is InChI=1S/C17H14N2O/c1-12-6-5-9-14(10-12)16(20)15-11-18-17(19-15)13-7-3-2-4-8-13/h2-11H,1H3,(H,18,19). The summed E-state index contributed by atoms with van der Waals surface area (Å²) >= 11 is 0. The Kier molecular flexibility index (Phi) is 3.17. The van der Waals surface area contributed by atoms with E-state index in [2.05, 4.69) is 9.97 Å². The maximum absolute atomic E-state index is 12.4. The molecule has 0 spiro atoms. The van der Waals surface area contributed by atoms with Gasteiger partial charge in [0.15, 0.2) is 0 Å². The number of H-pyrrole nitrogens is 1. The smallest absolute Gasteiger partial charge is 0.212 e. The number of carbonyl (C=O) groups is 1. The molecule has 0 saturated heterocycles. The second-order valence-corrected chi connectivity index (χ2v) is 4.70. The second-order valence-electron chi connectivity index (χ2n) is 4.70. The lowest BCUT2D eigenvalue weighted by Crippen LogP contribution is -2.01. The number of benzene rings is 2. The quantitative estimate of drug-likeness (QED) is 0.733. The number of hydrogen-bond donors (Lipinski definition) is 1. The molecular weight excluding hydrogens is 248 g/mol. The SMILES string of the molecule is Cc1cccc(C(=O)c2c[nH]c(-c3ccccc3)n2)c1. The van der Waals surface area contributed by atoms with Crippen LogP contribution in [0, 0.1) is 6.92 Å². The van der Waals surface area contributed by atoms with Crippen molar-refractivity contribution in [3.8, 4) is 11.4 Å². The summed E-state index contributed by atoms with van der Waals surface area (Å²) in [4.78, 5) is 19.8. The van der Waals surface area contributed by atoms with Gasteiger partial charge >= 0.3 is 0 Å². The number of nitrogens with zero attached hydrogens (tertiary/aromatic N) is 1. The Hall–Kier alpha value is -2.68. The minimum atomic E-state index is -0.0628. The molecule has 20 heavy (non-hydrogen) atoms. The van der Waals surface area contributed by atoms with Crippen molar-refractivity contribution in [3.05, 3.63) is 77.6 Å². The van der Waals surface area contributed by atoms with Crippen molar-refractivity contribution in [3.63, 3.8) is 0 Å². The van der Waals surface area contributed by atoms with Crippen LogP contribution in [-0.2, 0) is 0 Å². The van der Waals surface area contributed by atoms with Crippen LogP contribution in [0.1, 0.15) is 21.6 Å². The lowest BCUT2D eigenvalue weighted by atomic mass is 10.1. The molecule has 1 aromatic heterocycles. The Morgan fingerprint density at radius 2 is 1.85 bits per heavy atom. The molecule has 0 unspecified atom stereocenters. The van der Waals surface area contributed by atoms with Gasteiger partial charge in [0.2, 0.25) is 5.78 Å². The van der Waals surface area contributed by atoms with Crippen molar-refractivity contribution in [2.24, 2.45) is 0 Å². The van der Waals surface area contributed by atoms with E-state index in [1.807, 2.05) is 61.5 Å². The number of aryl methyl sites for hydroxylation is 1. The zero-order valence-electron chi connectivity index (χ0n) is 11.1. The topological polar surface area (TPSA) is 45.8 Å². The fraction of sp³-hybridized carbons (Fsp3) is 0.0588. The van der Waals surface area contributed by atoms with E-state index in [1.165, 1.54) is 0 Å². The molecule has 3 heteroatoms. The third kappa shape index (κ3) is 2.38. The van der Waals surface area contributed by atoms with Crippen molar-refractivity contribution in [1.29, 1.82) is 0 Å². The highest BCUT2D eigenvalue weighted by molar-refractivity contribution is 6.07. The number of nitrogens with one attached hydrogen (secondary N) is 1. The largest absolute Gasteiger partial charge is 0.344 e. The van der Waals surface area contributed by atoms with Crippen LogP contribution in [0.15, 0.2) is 60.8 Å². The van der Waals surface area contributed by atoms with Gasteiger partial charge in [-0.15, -0.1) is 0 Å². The highest BCUT2D eigenvalue weighted by Gasteiger charge is 2.13. The molecule has 0 saturated carbocycles. The van der Waals surface area contributed by atoms with E-state index in [-0.39, 0.29) is 5.78 Å². The Bertz CT molecular complexity index is 744. The Labute approximate surface area is 117 Å². The monoisotopic (exact) mass is 262 g/mol. The summed E-state index contributed by atoms with van der Waals surface area (Å²) in [7, 11) is 0. The summed E-state index contributed by atoms with van der Waals surface area (Å²) in [6, 6.07) is 17.3. The van der Waals surface area contributed by atoms with Crippen molar-refractivity contribution in [1.82, 2.24) is 9.97 Å². The van der Waals surface area contributed by atoms with Gasteiger partial charge in [-0.05, 0) is 13.0 Å². The fourth-order valence-corrected chi connectivity index (χ4v) is 2.12. The molecule has 98 valence electrons. The van der Waals surface area contributed by atoms with Gasteiger partial charge in [-0.3, -0.25) is 4.79 Å². The lowest BCUT2D eigenvalue weighted by Gasteiger charge is -1.99. The number of hydrogen-bond acceptors (Lipinski definition) is 2. The molecule has 1 heterocycles. The molecule has 0 bridgehead atoms. The molecule has 3 nitrogen and oxygen atoms in total. The van der Waals surface area contributed by atoms with E-state index >= 15 is 0 Å². The third-order valence-corrected chi connectivity index (χ3v) is 3.14. The summed E-state index contributed by atoms with van der Waals surface area (Å²) in [5.74, 6) is 0.647. The van der Waals surface area contributed by atoms with E-state index in [0.717, 1.165) is 11.1 Å². The zero-order chi connectivity index (χ0) is 13.9.